The highest BCUT2D eigenvalue weighted by Crippen LogP contribution is 2.32. The molecular weight excluding hydrogens is 566 g/mol. The van der Waals surface area contributed by atoms with Crippen molar-refractivity contribution in [3.63, 3.8) is 0 Å². The Morgan fingerprint density at radius 2 is 1.76 bits per heavy atom. The number of carbonyl (C=O) groups is 2. The molecule has 2 rings (SSSR count). The fourth-order valence-electron chi connectivity index (χ4n) is 3.71. The summed E-state index contributed by atoms with van der Waals surface area (Å²) in [5.74, 6) is -1.24. The number of hydrogen-bond donors (Lipinski definition) is 1. The molecule has 2 amide bonds. The van der Waals surface area contributed by atoms with Crippen molar-refractivity contribution in [2.45, 2.75) is 51.9 Å². The van der Waals surface area contributed by atoms with Crippen molar-refractivity contribution in [3.05, 3.63) is 63.6 Å². The van der Waals surface area contributed by atoms with E-state index in [-0.39, 0.29) is 23.7 Å². The molecule has 210 valence electrons. The molecule has 0 bridgehead atoms. The van der Waals surface area contributed by atoms with E-state index in [1.165, 1.54) is 17.0 Å². The van der Waals surface area contributed by atoms with Crippen LogP contribution in [0.3, 0.4) is 0 Å². The topological polar surface area (TPSA) is 86.8 Å². The molecule has 0 radical (unpaired) electrons. The standard InChI is InChI=1S/C25H30Cl2F3N3O4S/c1-4-6-12-31-24(35)22(5-2)32(15-17-10-11-19(26)14-21(17)27)23(34)16-33(38(3,36)37)20-9-7-8-18(13-20)25(28,29)30/h7-11,13-14,22H,4-6,12,15-16H2,1-3H3,(H,31,35)/t22-/m1/s1. The maximum Gasteiger partial charge on any atom is 0.416 e. The second kappa shape index (κ2) is 13.5. The van der Waals surface area contributed by atoms with Gasteiger partial charge in [0.2, 0.25) is 21.8 Å². The van der Waals surface area contributed by atoms with E-state index in [0.29, 0.717) is 27.5 Å². The Hall–Kier alpha value is -2.50. The SMILES string of the molecule is CCCCNC(=O)[C@@H](CC)N(Cc1ccc(Cl)cc1Cl)C(=O)CN(c1cccc(C(F)(F)F)c1)S(C)(=O)=O. The van der Waals surface area contributed by atoms with Crippen LogP contribution in [0.2, 0.25) is 10.0 Å². The van der Waals surface area contributed by atoms with Gasteiger partial charge in [-0.25, -0.2) is 8.42 Å². The fourth-order valence-corrected chi connectivity index (χ4v) is 5.02. The van der Waals surface area contributed by atoms with Crippen molar-refractivity contribution in [1.82, 2.24) is 10.2 Å². The second-order valence-electron chi connectivity index (χ2n) is 8.64. The first-order valence-corrected chi connectivity index (χ1v) is 14.5. The lowest BCUT2D eigenvalue weighted by atomic mass is 10.1. The number of rotatable bonds is 12. The number of unbranched alkanes of at least 4 members (excludes halogenated alkanes) is 1. The third-order valence-electron chi connectivity index (χ3n) is 5.71. The van der Waals surface area contributed by atoms with Crippen molar-refractivity contribution >= 4 is 50.7 Å². The molecule has 13 heteroatoms. The number of amides is 2. The van der Waals surface area contributed by atoms with E-state index in [1.54, 1.807) is 19.1 Å². The molecule has 38 heavy (non-hydrogen) atoms. The highest BCUT2D eigenvalue weighted by atomic mass is 35.5. The first-order chi connectivity index (χ1) is 17.7. The summed E-state index contributed by atoms with van der Waals surface area (Å²) >= 11 is 12.3. The fraction of sp³-hybridized carbons (Fsp3) is 0.440. The summed E-state index contributed by atoms with van der Waals surface area (Å²) in [6.45, 7) is 3.04. The Bertz CT molecular complexity index is 1240. The van der Waals surface area contributed by atoms with Crippen LogP contribution in [0.1, 0.15) is 44.2 Å². The average Bonchev–Trinajstić information content (AvgIpc) is 2.82. The number of alkyl halides is 3. The van der Waals surface area contributed by atoms with Crippen LogP contribution >= 0.6 is 23.2 Å². The van der Waals surface area contributed by atoms with Gasteiger partial charge in [-0.3, -0.25) is 13.9 Å². The maximum atomic E-state index is 13.6. The van der Waals surface area contributed by atoms with E-state index < -0.39 is 46.2 Å². The van der Waals surface area contributed by atoms with Gasteiger partial charge in [0, 0.05) is 23.1 Å². The van der Waals surface area contributed by atoms with Gasteiger partial charge in [-0.2, -0.15) is 13.2 Å². The minimum absolute atomic E-state index is 0.158. The minimum Gasteiger partial charge on any atom is -0.354 e. The normalized spacial score (nSPS) is 12.6. The smallest absolute Gasteiger partial charge is 0.354 e. The molecule has 0 heterocycles. The average molecular weight is 596 g/mol. The number of halogens is 5. The predicted molar refractivity (Wildman–Crippen MR) is 143 cm³/mol. The van der Waals surface area contributed by atoms with Crippen LogP contribution in [0.4, 0.5) is 18.9 Å². The lowest BCUT2D eigenvalue weighted by molar-refractivity contribution is -0.140. The molecule has 0 aliphatic carbocycles. The Kier molecular flexibility index (Phi) is 11.3. The summed E-state index contributed by atoms with van der Waals surface area (Å²) < 4.78 is 65.7. The molecule has 0 saturated carbocycles. The summed E-state index contributed by atoms with van der Waals surface area (Å²) in [4.78, 5) is 27.8. The van der Waals surface area contributed by atoms with Crippen molar-refractivity contribution < 1.29 is 31.2 Å². The van der Waals surface area contributed by atoms with Gasteiger partial charge in [0.1, 0.15) is 12.6 Å². The molecule has 0 saturated heterocycles. The molecule has 1 atom stereocenters. The van der Waals surface area contributed by atoms with Gasteiger partial charge in [0.25, 0.3) is 0 Å². The predicted octanol–water partition coefficient (Wildman–Crippen LogP) is 5.50. The monoisotopic (exact) mass is 595 g/mol. The summed E-state index contributed by atoms with van der Waals surface area (Å²) in [7, 11) is -4.19. The van der Waals surface area contributed by atoms with Crippen molar-refractivity contribution in [3.8, 4) is 0 Å². The third kappa shape index (κ3) is 8.78. The Morgan fingerprint density at radius 1 is 1.08 bits per heavy atom. The molecule has 7 nitrogen and oxygen atoms in total. The molecule has 0 spiro atoms. The molecule has 1 N–H and O–H groups in total. The molecule has 2 aromatic rings. The van der Waals surface area contributed by atoms with Crippen LogP contribution in [0.25, 0.3) is 0 Å². The van der Waals surface area contributed by atoms with Crippen molar-refractivity contribution in [2.75, 3.05) is 23.7 Å². The number of benzene rings is 2. The minimum atomic E-state index is -4.72. The molecule has 0 fully saturated rings. The van der Waals surface area contributed by atoms with E-state index in [9.17, 15) is 31.2 Å². The molecule has 0 aromatic heterocycles. The first kappa shape index (κ1) is 31.7. The van der Waals surface area contributed by atoms with E-state index >= 15 is 0 Å². The molecule has 0 aliphatic heterocycles. The van der Waals surface area contributed by atoms with Crippen LogP contribution in [-0.2, 0) is 32.3 Å². The summed E-state index contributed by atoms with van der Waals surface area (Å²) in [6, 6.07) is 7.29. The summed E-state index contributed by atoms with van der Waals surface area (Å²) in [5, 5.41) is 3.36. The van der Waals surface area contributed by atoms with E-state index in [4.69, 9.17) is 23.2 Å². The number of carbonyl (C=O) groups excluding carboxylic acids is 2. The molecule has 2 aromatic carbocycles. The Labute approximate surface area is 230 Å². The van der Waals surface area contributed by atoms with Gasteiger partial charge in [-0.15, -0.1) is 0 Å². The number of hydrogen-bond acceptors (Lipinski definition) is 4. The number of nitrogens with zero attached hydrogens (tertiary/aromatic N) is 2. The highest BCUT2D eigenvalue weighted by molar-refractivity contribution is 7.92. The number of nitrogens with one attached hydrogen (secondary N) is 1. The van der Waals surface area contributed by atoms with Crippen LogP contribution in [0.5, 0.6) is 0 Å². The zero-order valence-electron chi connectivity index (χ0n) is 21.2. The van der Waals surface area contributed by atoms with Crippen LogP contribution in [-0.4, -0.2) is 50.5 Å². The lowest BCUT2D eigenvalue weighted by Gasteiger charge is -2.33. The van der Waals surface area contributed by atoms with E-state index in [1.807, 2.05) is 6.92 Å². The first-order valence-electron chi connectivity index (χ1n) is 11.8. The number of sulfonamides is 1. The van der Waals surface area contributed by atoms with Crippen LogP contribution in [0.15, 0.2) is 42.5 Å². The zero-order valence-corrected chi connectivity index (χ0v) is 23.5. The molecule has 0 aliphatic rings. The van der Waals surface area contributed by atoms with E-state index in [0.717, 1.165) is 31.2 Å². The lowest BCUT2D eigenvalue weighted by Crippen LogP contribution is -2.52. The van der Waals surface area contributed by atoms with Crippen LogP contribution in [0, 0.1) is 0 Å². The van der Waals surface area contributed by atoms with Gasteiger partial charge in [-0.05, 0) is 48.7 Å². The quantitative estimate of drug-likeness (QED) is 0.328. The maximum absolute atomic E-state index is 13.6. The van der Waals surface area contributed by atoms with Gasteiger partial charge in [-0.1, -0.05) is 55.6 Å². The van der Waals surface area contributed by atoms with Gasteiger partial charge < -0.3 is 10.2 Å². The third-order valence-corrected chi connectivity index (χ3v) is 7.44. The highest BCUT2D eigenvalue weighted by Gasteiger charge is 2.34. The summed E-state index contributed by atoms with van der Waals surface area (Å²) in [6.07, 6.45) is -2.19. The Morgan fingerprint density at radius 3 is 2.32 bits per heavy atom. The van der Waals surface area contributed by atoms with Gasteiger partial charge >= 0.3 is 6.18 Å². The Balaban J connectivity index is 2.49. The summed E-state index contributed by atoms with van der Waals surface area (Å²) in [5.41, 5.74) is -0.947. The van der Waals surface area contributed by atoms with E-state index in [2.05, 4.69) is 5.32 Å². The van der Waals surface area contributed by atoms with Crippen molar-refractivity contribution in [2.24, 2.45) is 0 Å². The van der Waals surface area contributed by atoms with Crippen LogP contribution < -0.4 is 9.62 Å². The van der Waals surface area contributed by atoms with Crippen molar-refractivity contribution in [1.29, 1.82) is 0 Å². The molecule has 0 unspecified atom stereocenters. The zero-order chi connectivity index (χ0) is 28.7. The van der Waals surface area contributed by atoms with Gasteiger partial charge in [0.15, 0.2) is 0 Å². The second-order valence-corrected chi connectivity index (χ2v) is 11.4. The largest absolute Gasteiger partial charge is 0.416 e. The number of anilines is 1. The molecular formula is C25H30Cl2F3N3O4S. The van der Waals surface area contributed by atoms with Gasteiger partial charge in [0.05, 0.1) is 17.5 Å².